The molecule has 0 atom stereocenters. The first-order valence-electron chi connectivity index (χ1n) is 10.3. The van der Waals surface area contributed by atoms with Crippen molar-refractivity contribution in [3.8, 4) is 12.1 Å². The van der Waals surface area contributed by atoms with Gasteiger partial charge in [0.2, 0.25) is 0 Å². The highest BCUT2D eigenvalue weighted by Crippen LogP contribution is 2.22. The summed E-state index contributed by atoms with van der Waals surface area (Å²) in [6.45, 7) is 7.24. The van der Waals surface area contributed by atoms with Gasteiger partial charge in [-0.05, 0) is 44.4 Å². The maximum absolute atomic E-state index is 10.8. The van der Waals surface area contributed by atoms with E-state index in [4.69, 9.17) is 15.6 Å². The van der Waals surface area contributed by atoms with Crippen LogP contribution in [0.3, 0.4) is 0 Å². The Labute approximate surface area is 191 Å². The Bertz CT molecular complexity index is 1030. The van der Waals surface area contributed by atoms with Gasteiger partial charge in [0.15, 0.2) is 0 Å². The molecule has 0 aliphatic rings. The van der Waals surface area contributed by atoms with Crippen molar-refractivity contribution in [3.05, 3.63) is 108 Å². The average Bonchev–Trinajstić information content (AvgIpc) is 2.82. The van der Waals surface area contributed by atoms with Crippen LogP contribution in [0.15, 0.2) is 91.0 Å². The van der Waals surface area contributed by atoms with Crippen LogP contribution in [0.5, 0.6) is 0 Å². The topological polar surface area (TPSA) is 84.9 Å². The van der Waals surface area contributed by atoms with Gasteiger partial charge in [0, 0.05) is 0 Å². The van der Waals surface area contributed by atoms with Gasteiger partial charge in [-0.15, -0.1) is 0 Å². The first kappa shape index (κ1) is 26.1. The molecule has 0 fully saturated rings. The largest absolute Gasteiger partial charge is 0.481 e. The summed E-state index contributed by atoms with van der Waals surface area (Å²) in [7, 11) is 0. The average molecular weight is 427 g/mol. The number of hydrogen-bond donors (Lipinski definition) is 1. The summed E-state index contributed by atoms with van der Waals surface area (Å²) < 4.78 is 0. The van der Waals surface area contributed by atoms with Gasteiger partial charge in [-0.25, -0.2) is 0 Å². The van der Waals surface area contributed by atoms with Gasteiger partial charge >= 0.3 is 5.97 Å². The highest BCUT2D eigenvalue weighted by molar-refractivity contribution is 5.80. The van der Waals surface area contributed by atoms with Gasteiger partial charge in [-0.2, -0.15) is 10.5 Å². The maximum Gasteiger partial charge on any atom is 0.313 e. The van der Waals surface area contributed by atoms with Gasteiger partial charge in [0.25, 0.3) is 0 Å². The molecular weight excluding hydrogens is 396 g/mol. The minimum atomic E-state index is -0.797. The molecule has 3 rings (SSSR count). The van der Waals surface area contributed by atoms with E-state index in [1.165, 1.54) is 0 Å². The third-order valence-corrected chi connectivity index (χ3v) is 4.93. The zero-order valence-corrected chi connectivity index (χ0v) is 19.1. The number of benzene rings is 3. The summed E-state index contributed by atoms with van der Waals surface area (Å²) in [5.74, 6) is -0.797. The molecule has 0 radical (unpaired) electrons. The smallest absolute Gasteiger partial charge is 0.313 e. The predicted octanol–water partition coefficient (Wildman–Crippen LogP) is 6.29. The monoisotopic (exact) mass is 426 g/mol. The Hall–Kier alpha value is -3.89. The fraction of sp³-hybridized carbons (Fsp3) is 0.250. The molecule has 0 aromatic heterocycles. The van der Waals surface area contributed by atoms with Crippen molar-refractivity contribution >= 4 is 5.97 Å². The number of carbonyl (C=O) groups is 1. The lowest BCUT2D eigenvalue weighted by Crippen LogP contribution is -2.28. The lowest BCUT2D eigenvalue weighted by molar-refractivity contribution is -0.142. The van der Waals surface area contributed by atoms with Gasteiger partial charge in [0.05, 0.1) is 29.4 Å². The molecule has 0 saturated heterocycles. The van der Waals surface area contributed by atoms with E-state index < -0.39 is 11.4 Å². The van der Waals surface area contributed by atoms with E-state index in [0.29, 0.717) is 6.42 Å². The number of nitriles is 2. The summed E-state index contributed by atoms with van der Waals surface area (Å²) in [5.41, 5.74) is 1.84. The van der Waals surface area contributed by atoms with E-state index in [0.717, 1.165) is 16.7 Å². The molecule has 164 valence electrons. The molecule has 0 heterocycles. The van der Waals surface area contributed by atoms with Gasteiger partial charge in [0.1, 0.15) is 0 Å². The van der Waals surface area contributed by atoms with E-state index in [9.17, 15) is 4.79 Å². The van der Waals surface area contributed by atoms with Crippen molar-refractivity contribution < 1.29 is 9.90 Å². The highest BCUT2D eigenvalue weighted by Gasteiger charge is 2.28. The van der Waals surface area contributed by atoms with E-state index in [1.807, 2.05) is 105 Å². The van der Waals surface area contributed by atoms with E-state index in [2.05, 4.69) is 12.1 Å². The Kier molecular flexibility index (Phi) is 10.4. The third-order valence-electron chi connectivity index (χ3n) is 4.93. The zero-order chi connectivity index (χ0) is 24.0. The first-order chi connectivity index (χ1) is 15.1. The van der Waals surface area contributed by atoms with E-state index >= 15 is 0 Å². The molecule has 0 unspecified atom stereocenters. The van der Waals surface area contributed by atoms with Crippen molar-refractivity contribution in [3.63, 3.8) is 0 Å². The van der Waals surface area contributed by atoms with Crippen molar-refractivity contribution in [1.82, 2.24) is 0 Å². The minimum absolute atomic E-state index is 0.360. The first-order valence-corrected chi connectivity index (χ1v) is 10.3. The van der Waals surface area contributed by atoms with Gasteiger partial charge < -0.3 is 5.11 Å². The van der Waals surface area contributed by atoms with Crippen LogP contribution < -0.4 is 0 Å². The van der Waals surface area contributed by atoms with E-state index in [-0.39, 0.29) is 5.41 Å². The van der Waals surface area contributed by atoms with Crippen molar-refractivity contribution in [2.75, 3.05) is 0 Å². The number of rotatable bonds is 4. The van der Waals surface area contributed by atoms with Crippen molar-refractivity contribution in [1.29, 1.82) is 10.5 Å². The molecule has 0 aliphatic heterocycles. The molecule has 3 aromatic rings. The summed E-state index contributed by atoms with van der Waals surface area (Å²) in [6, 6.07) is 33.1. The quantitative estimate of drug-likeness (QED) is 0.531. The predicted molar refractivity (Wildman–Crippen MR) is 128 cm³/mol. The number of nitrogens with zero attached hydrogens (tertiary/aromatic N) is 2. The van der Waals surface area contributed by atoms with Crippen LogP contribution in [0.2, 0.25) is 0 Å². The van der Waals surface area contributed by atoms with Crippen LogP contribution in [0.1, 0.15) is 44.4 Å². The fourth-order valence-corrected chi connectivity index (χ4v) is 2.58. The minimum Gasteiger partial charge on any atom is -0.481 e. The zero-order valence-electron chi connectivity index (χ0n) is 19.1. The molecule has 32 heavy (non-hydrogen) atoms. The normalized spacial score (nSPS) is 10.2. The van der Waals surface area contributed by atoms with Crippen LogP contribution in [0.4, 0.5) is 0 Å². The molecule has 0 bridgehead atoms. The molecule has 4 heteroatoms. The van der Waals surface area contributed by atoms with Crippen molar-refractivity contribution in [2.24, 2.45) is 0 Å². The van der Waals surface area contributed by atoms with Crippen LogP contribution in [0, 0.1) is 22.7 Å². The van der Waals surface area contributed by atoms with Crippen LogP contribution >= 0.6 is 0 Å². The molecule has 4 nitrogen and oxygen atoms in total. The Balaban J connectivity index is 0.000000242. The standard InChI is InChI=1S/C10H11N.C10H12O2.C8H7N/c1-10(2,8-11)9-6-4-3-5-7-9;1-10(2,9(11)12)8-6-4-3-5-7-8;9-7-6-8-4-2-1-3-5-8/h3-7H,1-2H3;3-7H,1-2H3,(H,11,12);1-5H,6H2. The molecule has 0 spiro atoms. The maximum atomic E-state index is 10.8. The van der Waals surface area contributed by atoms with Gasteiger partial charge in [-0.3, -0.25) is 4.79 Å². The number of carboxylic acids is 1. The fourth-order valence-electron chi connectivity index (χ4n) is 2.58. The molecule has 3 aromatic carbocycles. The summed E-state index contributed by atoms with van der Waals surface area (Å²) in [6.07, 6.45) is 0.515. The second-order valence-electron chi connectivity index (χ2n) is 8.22. The second-order valence-corrected chi connectivity index (χ2v) is 8.22. The summed E-state index contributed by atoms with van der Waals surface area (Å²) >= 11 is 0. The van der Waals surface area contributed by atoms with Crippen molar-refractivity contribution in [2.45, 2.75) is 44.9 Å². The Morgan fingerprint density at radius 3 is 1.53 bits per heavy atom. The third kappa shape index (κ3) is 8.46. The molecule has 0 saturated carbocycles. The number of aliphatic carboxylic acids is 1. The lowest BCUT2D eigenvalue weighted by Gasteiger charge is -2.18. The molecule has 0 aliphatic carbocycles. The van der Waals surface area contributed by atoms with Crippen LogP contribution in [0.25, 0.3) is 0 Å². The summed E-state index contributed by atoms with van der Waals surface area (Å²) in [4.78, 5) is 10.8. The van der Waals surface area contributed by atoms with Crippen LogP contribution in [-0.2, 0) is 22.0 Å². The summed E-state index contributed by atoms with van der Waals surface area (Å²) in [5, 5.41) is 26.0. The SMILES string of the molecule is CC(C)(C#N)c1ccccc1.CC(C)(C(=O)O)c1ccccc1.N#CCc1ccccc1. The molecular formula is C28H30N2O2. The number of hydrogen-bond acceptors (Lipinski definition) is 3. The lowest BCUT2D eigenvalue weighted by atomic mass is 9.85. The number of carboxylic acid groups (broad SMARTS) is 1. The Morgan fingerprint density at radius 1 is 0.750 bits per heavy atom. The highest BCUT2D eigenvalue weighted by atomic mass is 16.4. The van der Waals surface area contributed by atoms with Gasteiger partial charge in [-0.1, -0.05) is 91.0 Å². The Morgan fingerprint density at radius 2 is 1.16 bits per heavy atom. The second kappa shape index (κ2) is 12.7. The van der Waals surface area contributed by atoms with Crippen LogP contribution in [-0.4, -0.2) is 11.1 Å². The molecule has 0 amide bonds. The van der Waals surface area contributed by atoms with E-state index in [1.54, 1.807) is 13.8 Å². The molecule has 1 N–H and O–H groups in total.